The number of tetrazole rings is 1. The number of aliphatic carboxylic acids is 1. The molecule has 0 bridgehead atoms. The summed E-state index contributed by atoms with van der Waals surface area (Å²) in [5.41, 5.74) is -1.07. The molecular formula is C11H20N4O2. The van der Waals surface area contributed by atoms with Gasteiger partial charge in [0.15, 0.2) is 11.4 Å². The number of hydrogen-bond donors (Lipinski definition) is 1. The lowest BCUT2D eigenvalue weighted by molar-refractivity contribution is -0.147. The predicted molar refractivity (Wildman–Crippen MR) is 62.6 cm³/mol. The van der Waals surface area contributed by atoms with Gasteiger partial charge in [-0.1, -0.05) is 27.7 Å². The van der Waals surface area contributed by atoms with Crippen molar-refractivity contribution in [2.75, 3.05) is 0 Å². The highest BCUT2D eigenvalue weighted by molar-refractivity contribution is 5.76. The van der Waals surface area contributed by atoms with Gasteiger partial charge in [0.2, 0.25) is 0 Å². The average molecular weight is 240 g/mol. The van der Waals surface area contributed by atoms with E-state index in [1.807, 2.05) is 6.92 Å². The van der Waals surface area contributed by atoms with Crippen LogP contribution in [0.2, 0.25) is 0 Å². The summed E-state index contributed by atoms with van der Waals surface area (Å²) in [7, 11) is 0. The van der Waals surface area contributed by atoms with Crippen molar-refractivity contribution < 1.29 is 9.90 Å². The number of nitrogens with zero attached hydrogens (tertiary/aromatic N) is 4. The van der Waals surface area contributed by atoms with Crippen LogP contribution < -0.4 is 0 Å². The quantitative estimate of drug-likeness (QED) is 0.862. The standard InChI is InChI=1S/C11H20N4O2/c1-6-11(5,9(16)17)15-8(12-13-14-15)7-10(2,3)4/h6-7H2,1-5H3,(H,16,17). The molecule has 1 rings (SSSR count). The Kier molecular flexibility index (Phi) is 3.54. The predicted octanol–water partition coefficient (Wildman–Crippen LogP) is 1.47. The van der Waals surface area contributed by atoms with Crippen molar-refractivity contribution in [3.63, 3.8) is 0 Å². The Morgan fingerprint density at radius 3 is 2.35 bits per heavy atom. The topological polar surface area (TPSA) is 80.9 Å². The van der Waals surface area contributed by atoms with E-state index in [-0.39, 0.29) is 5.41 Å². The molecule has 0 aliphatic rings. The minimum Gasteiger partial charge on any atom is -0.479 e. The van der Waals surface area contributed by atoms with E-state index in [0.29, 0.717) is 18.7 Å². The van der Waals surface area contributed by atoms with Crippen molar-refractivity contribution in [2.45, 2.75) is 53.0 Å². The Bertz CT molecular complexity index is 408. The first-order valence-corrected chi connectivity index (χ1v) is 5.72. The van der Waals surface area contributed by atoms with Gasteiger partial charge in [-0.3, -0.25) is 0 Å². The van der Waals surface area contributed by atoms with Crippen LogP contribution in [-0.4, -0.2) is 31.3 Å². The van der Waals surface area contributed by atoms with Gasteiger partial charge >= 0.3 is 5.97 Å². The second-order valence-electron chi connectivity index (χ2n) is 5.68. The van der Waals surface area contributed by atoms with Crippen LogP contribution in [-0.2, 0) is 16.8 Å². The van der Waals surface area contributed by atoms with Crippen LogP contribution >= 0.6 is 0 Å². The summed E-state index contributed by atoms with van der Waals surface area (Å²) in [6.45, 7) is 9.65. The molecule has 0 aliphatic carbocycles. The number of hydrogen-bond acceptors (Lipinski definition) is 4. The van der Waals surface area contributed by atoms with Gasteiger partial charge in [-0.2, -0.15) is 0 Å². The van der Waals surface area contributed by atoms with Crippen molar-refractivity contribution in [1.82, 2.24) is 20.2 Å². The molecule has 1 heterocycles. The minimum atomic E-state index is -1.08. The molecule has 0 saturated carbocycles. The molecule has 0 saturated heterocycles. The highest BCUT2D eigenvalue weighted by atomic mass is 16.4. The maximum absolute atomic E-state index is 11.4. The summed E-state index contributed by atoms with van der Waals surface area (Å²) in [6.07, 6.45) is 1.08. The Hall–Kier alpha value is -1.46. The van der Waals surface area contributed by atoms with E-state index in [9.17, 15) is 9.90 Å². The Balaban J connectivity index is 3.15. The van der Waals surface area contributed by atoms with Gasteiger partial charge in [-0.25, -0.2) is 9.48 Å². The van der Waals surface area contributed by atoms with Gasteiger partial charge in [0.25, 0.3) is 0 Å². The lowest BCUT2D eigenvalue weighted by Gasteiger charge is -2.26. The minimum absolute atomic E-state index is 0.0135. The molecule has 0 amide bonds. The largest absolute Gasteiger partial charge is 0.479 e. The van der Waals surface area contributed by atoms with Crippen molar-refractivity contribution in [3.05, 3.63) is 5.82 Å². The van der Waals surface area contributed by atoms with Gasteiger partial charge in [-0.05, 0) is 29.2 Å². The third kappa shape index (κ3) is 2.81. The van der Waals surface area contributed by atoms with Crippen LogP contribution in [0.15, 0.2) is 0 Å². The summed E-state index contributed by atoms with van der Waals surface area (Å²) in [6, 6.07) is 0. The number of carbonyl (C=O) groups is 1. The molecule has 96 valence electrons. The van der Waals surface area contributed by atoms with E-state index < -0.39 is 11.5 Å². The zero-order valence-corrected chi connectivity index (χ0v) is 11.1. The molecule has 0 aromatic carbocycles. The highest BCUT2D eigenvalue weighted by Crippen LogP contribution is 2.25. The zero-order chi connectivity index (χ0) is 13.3. The maximum atomic E-state index is 11.4. The molecule has 6 heteroatoms. The average Bonchev–Trinajstić information content (AvgIpc) is 2.62. The lowest BCUT2D eigenvalue weighted by Crippen LogP contribution is -2.40. The number of carboxylic acid groups (broad SMARTS) is 1. The Morgan fingerprint density at radius 1 is 1.35 bits per heavy atom. The van der Waals surface area contributed by atoms with Crippen molar-refractivity contribution in [3.8, 4) is 0 Å². The van der Waals surface area contributed by atoms with Crippen LogP contribution in [0.5, 0.6) is 0 Å². The number of rotatable bonds is 4. The molecule has 1 atom stereocenters. The van der Waals surface area contributed by atoms with E-state index in [0.717, 1.165) is 0 Å². The highest BCUT2D eigenvalue weighted by Gasteiger charge is 2.37. The lowest BCUT2D eigenvalue weighted by atomic mass is 9.91. The van der Waals surface area contributed by atoms with Crippen LogP contribution in [0.3, 0.4) is 0 Å². The molecule has 1 unspecified atom stereocenters. The van der Waals surface area contributed by atoms with E-state index in [1.165, 1.54) is 4.68 Å². The smallest absolute Gasteiger partial charge is 0.331 e. The first-order chi connectivity index (χ1) is 7.70. The van der Waals surface area contributed by atoms with Crippen molar-refractivity contribution in [1.29, 1.82) is 0 Å². The first-order valence-electron chi connectivity index (χ1n) is 5.72. The molecule has 6 nitrogen and oxygen atoms in total. The van der Waals surface area contributed by atoms with Gasteiger partial charge < -0.3 is 5.11 Å². The summed E-state index contributed by atoms with van der Waals surface area (Å²) in [5, 5.41) is 20.7. The Morgan fingerprint density at radius 2 is 1.94 bits per heavy atom. The van der Waals surface area contributed by atoms with E-state index in [4.69, 9.17) is 0 Å². The normalized spacial score (nSPS) is 15.6. The van der Waals surface area contributed by atoms with Crippen LogP contribution in [0.1, 0.15) is 46.9 Å². The molecule has 1 aromatic heterocycles. The molecule has 1 N–H and O–H groups in total. The summed E-state index contributed by atoms with van der Waals surface area (Å²) < 4.78 is 1.43. The summed E-state index contributed by atoms with van der Waals surface area (Å²) >= 11 is 0. The molecular weight excluding hydrogens is 220 g/mol. The SMILES string of the molecule is CCC(C)(C(=O)O)n1nnnc1CC(C)(C)C. The van der Waals surface area contributed by atoms with E-state index >= 15 is 0 Å². The van der Waals surface area contributed by atoms with Gasteiger partial charge in [-0.15, -0.1) is 5.10 Å². The van der Waals surface area contributed by atoms with E-state index in [1.54, 1.807) is 6.92 Å². The van der Waals surface area contributed by atoms with Crippen LogP contribution in [0, 0.1) is 5.41 Å². The molecule has 0 fully saturated rings. The first kappa shape index (κ1) is 13.6. The number of carboxylic acids is 1. The van der Waals surface area contributed by atoms with Crippen LogP contribution in [0.25, 0.3) is 0 Å². The van der Waals surface area contributed by atoms with Crippen LogP contribution in [0.4, 0.5) is 0 Å². The van der Waals surface area contributed by atoms with E-state index in [2.05, 4.69) is 36.3 Å². The van der Waals surface area contributed by atoms with Gasteiger partial charge in [0.05, 0.1) is 0 Å². The van der Waals surface area contributed by atoms with Crippen molar-refractivity contribution in [2.24, 2.45) is 5.41 Å². The molecule has 17 heavy (non-hydrogen) atoms. The van der Waals surface area contributed by atoms with Gasteiger partial charge in [0, 0.05) is 6.42 Å². The fourth-order valence-corrected chi connectivity index (χ4v) is 1.57. The summed E-state index contributed by atoms with van der Waals surface area (Å²) in [5.74, 6) is -0.299. The second-order valence-corrected chi connectivity index (χ2v) is 5.68. The Labute approximate surface area is 101 Å². The fourth-order valence-electron chi connectivity index (χ4n) is 1.57. The maximum Gasteiger partial charge on any atom is 0.331 e. The molecule has 0 spiro atoms. The van der Waals surface area contributed by atoms with Crippen molar-refractivity contribution >= 4 is 5.97 Å². The third-order valence-electron chi connectivity index (χ3n) is 2.84. The number of aromatic nitrogens is 4. The molecule has 0 aliphatic heterocycles. The second kappa shape index (κ2) is 4.43. The fraction of sp³-hybridized carbons (Fsp3) is 0.818. The van der Waals surface area contributed by atoms with Gasteiger partial charge in [0.1, 0.15) is 0 Å². The molecule has 0 radical (unpaired) electrons. The zero-order valence-electron chi connectivity index (χ0n) is 11.1. The third-order valence-corrected chi connectivity index (χ3v) is 2.84. The molecule has 1 aromatic rings. The monoisotopic (exact) mass is 240 g/mol. The summed E-state index contributed by atoms with van der Waals surface area (Å²) in [4.78, 5) is 11.4.